The van der Waals surface area contributed by atoms with Crippen molar-refractivity contribution >= 4 is 21.5 Å². The van der Waals surface area contributed by atoms with Gasteiger partial charge < -0.3 is 10.2 Å². The topological polar surface area (TPSA) is 61.8 Å². The molecule has 2 aromatic rings. The number of hydrogen-bond donors (Lipinski definition) is 1. The van der Waals surface area contributed by atoms with E-state index in [0.29, 0.717) is 11.4 Å². The first-order valence-electron chi connectivity index (χ1n) is 8.93. The molecule has 1 aliphatic heterocycles. The zero-order chi connectivity index (χ0) is 18.4. The first-order valence-corrected chi connectivity index (χ1v) is 10.8. The molecule has 138 valence electrons. The first kappa shape index (κ1) is 18.5. The predicted molar refractivity (Wildman–Crippen MR) is 106 cm³/mol. The molecule has 1 N–H and O–H groups in total. The largest absolute Gasteiger partial charge is 0.343 e. The van der Waals surface area contributed by atoms with Crippen LogP contribution >= 0.6 is 0 Å². The summed E-state index contributed by atoms with van der Waals surface area (Å²) >= 11 is 0. The molecule has 0 amide bonds. The van der Waals surface area contributed by atoms with Crippen LogP contribution in [0.4, 0.5) is 5.69 Å². The second kappa shape index (κ2) is 8.36. The van der Waals surface area contributed by atoms with E-state index in [1.807, 2.05) is 42.5 Å². The van der Waals surface area contributed by atoms with Crippen LogP contribution in [0.5, 0.6) is 0 Å². The number of sulfone groups is 1. The lowest BCUT2D eigenvalue weighted by Gasteiger charge is -2.30. The summed E-state index contributed by atoms with van der Waals surface area (Å²) in [4.78, 5) is 7.42. The van der Waals surface area contributed by atoms with Crippen molar-refractivity contribution in [2.24, 2.45) is 4.99 Å². The fourth-order valence-corrected chi connectivity index (χ4v) is 3.61. The van der Waals surface area contributed by atoms with Crippen LogP contribution in [0.3, 0.4) is 0 Å². The van der Waals surface area contributed by atoms with Gasteiger partial charge in [0.15, 0.2) is 15.8 Å². The standard InChI is InChI=1S/C20H25N3O2S/c1-26(24,25)19-12-10-17(11-13-19)16-21-20(23-14-6-3-7-15-23)22-18-8-4-2-5-9-18/h2,4-5,8-13H,3,6-7,14-16H2,1H3,(H,21,22). The number of para-hydroxylation sites is 1. The molecule has 5 nitrogen and oxygen atoms in total. The van der Waals surface area contributed by atoms with Crippen molar-refractivity contribution in [1.82, 2.24) is 4.90 Å². The molecule has 2 aromatic carbocycles. The second-order valence-corrected chi connectivity index (χ2v) is 8.61. The van der Waals surface area contributed by atoms with Crippen molar-refractivity contribution in [3.05, 3.63) is 60.2 Å². The van der Waals surface area contributed by atoms with E-state index in [9.17, 15) is 8.42 Å². The van der Waals surface area contributed by atoms with E-state index < -0.39 is 9.84 Å². The number of anilines is 1. The van der Waals surface area contributed by atoms with Crippen LogP contribution in [0.2, 0.25) is 0 Å². The number of aliphatic imine (C=N–C) groups is 1. The maximum absolute atomic E-state index is 11.6. The van der Waals surface area contributed by atoms with Crippen LogP contribution in [0.25, 0.3) is 0 Å². The van der Waals surface area contributed by atoms with E-state index in [1.54, 1.807) is 12.1 Å². The van der Waals surface area contributed by atoms with Gasteiger partial charge in [-0.05, 0) is 49.1 Å². The lowest BCUT2D eigenvalue weighted by atomic mass is 10.1. The van der Waals surface area contributed by atoms with Crippen LogP contribution in [0, 0.1) is 0 Å². The summed E-state index contributed by atoms with van der Waals surface area (Å²) in [5.74, 6) is 0.878. The van der Waals surface area contributed by atoms with E-state index in [4.69, 9.17) is 4.99 Å². The number of rotatable bonds is 4. The van der Waals surface area contributed by atoms with Crippen LogP contribution in [-0.4, -0.2) is 38.6 Å². The molecule has 1 aliphatic rings. The Labute approximate surface area is 155 Å². The second-order valence-electron chi connectivity index (χ2n) is 6.59. The number of piperidine rings is 1. The maximum atomic E-state index is 11.6. The predicted octanol–water partition coefficient (Wildman–Crippen LogP) is 3.54. The van der Waals surface area contributed by atoms with E-state index in [-0.39, 0.29) is 0 Å². The summed E-state index contributed by atoms with van der Waals surface area (Å²) in [7, 11) is -3.17. The minimum absolute atomic E-state index is 0.337. The fraction of sp³-hybridized carbons (Fsp3) is 0.350. The summed E-state index contributed by atoms with van der Waals surface area (Å²) in [5.41, 5.74) is 2.01. The monoisotopic (exact) mass is 371 g/mol. The van der Waals surface area contributed by atoms with Gasteiger partial charge in [-0.25, -0.2) is 13.4 Å². The Morgan fingerprint density at radius 3 is 2.27 bits per heavy atom. The molecule has 3 rings (SSSR count). The third kappa shape index (κ3) is 5.08. The number of nitrogens with one attached hydrogen (secondary N) is 1. The van der Waals surface area contributed by atoms with Gasteiger partial charge >= 0.3 is 0 Å². The summed E-state index contributed by atoms with van der Waals surface area (Å²) in [6.07, 6.45) is 4.84. The summed E-state index contributed by atoms with van der Waals surface area (Å²) in [5, 5.41) is 3.43. The van der Waals surface area contributed by atoms with Crippen molar-refractivity contribution in [3.8, 4) is 0 Å². The van der Waals surface area contributed by atoms with E-state index in [2.05, 4.69) is 10.2 Å². The highest BCUT2D eigenvalue weighted by Gasteiger charge is 2.15. The summed E-state index contributed by atoms with van der Waals surface area (Å²) in [6.45, 7) is 2.52. The Morgan fingerprint density at radius 2 is 1.65 bits per heavy atom. The fourth-order valence-electron chi connectivity index (χ4n) is 2.98. The molecule has 1 heterocycles. The van der Waals surface area contributed by atoms with Crippen LogP contribution in [-0.2, 0) is 16.4 Å². The van der Waals surface area contributed by atoms with Crippen molar-refractivity contribution in [1.29, 1.82) is 0 Å². The number of hydrogen-bond acceptors (Lipinski definition) is 3. The van der Waals surface area contributed by atoms with Gasteiger partial charge in [-0.3, -0.25) is 0 Å². The molecule has 0 aliphatic carbocycles. The lowest BCUT2D eigenvalue weighted by Crippen LogP contribution is -2.40. The minimum atomic E-state index is -3.17. The molecule has 1 fully saturated rings. The third-order valence-corrected chi connectivity index (χ3v) is 5.58. The Hall–Kier alpha value is -2.34. The molecule has 0 spiro atoms. The molecular weight excluding hydrogens is 346 g/mol. The normalized spacial score (nSPS) is 15.7. The van der Waals surface area contributed by atoms with Gasteiger partial charge in [0, 0.05) is 25.0 Å². The quantitative estimate of drug-likeness (QED) is 0.660. The smallest absolute Gasteiger partial charge is 0.198 e. The van der Waals surface area contributed by atoms with Gasteiger partial charge in [0.05, 0.1) is 11.4 Å². The number of likely N-dealkylation sites (tertiary alicyclic amines) is 1. The molecule has 0 saturated carbocycles. The van der Waals surface area contributed by atoms with E-state index in [1.165, 1.54) is 25.5 Å². The highest BCUT2D eigenvalue weighted by Crippen LogP contribution is 2.15. The Kier molecular flexibility index (Phi) is 5.93. The van der Waals surface area contributed by atoms with E-state index >= 15 is 0 Å². The lowest BCUT2D eigenvalue weighted by molar-refractivity contribution is 0.340. The number of guanidine groups is 1. The van der Waals surface area contributed by atoms with Gasteiger partial charge in [-0.2, -0.15) is 0 Å². The van der Waals surface area contributed by atoms with Crippen LogP contribution in [0.15, 0.2) is 64.5 Å². The van der Waals surface area contributed by atoms with Crippen molar-refractivity contribution in [2.75, 3.05) is 24.7 Å². The van der Waals surface area contributed by atoms with Gasteiger partial charge in [0.25, 0.3) is 0 Å². The molecule has 6 heteroatoms. The average Bonchev–Trinajstić information content (AvgIpc) is 2.66. The zero-order valence-corrected chi connectivity index (χ0v) is 15.9. The molecule has 0 bridgehead atoms. The van der Waals surface area contributed by atoms with Gasteiger partial charge in [0.2, 0.25) is 0 Å². The third-order valence-electron chi connectivity index (χ3n) is 4.45. The SMILES string of the molecule is CS(=O)(=O)c1ccc(CN=C(Nc2ccccc2)N2CCCCC2)cc1. The number of benzene rings is 2. The Morgan fingerprint density at radius 1 is 1.00 bits per heavy atom. The highest BCUT2D eigenvalue weighted by molar-refractivity contribution is 7.90. The molecule has 1 saturated heterocycles. The summed E-state index contributed by atoms with van der Waals surface area (Å²) in [6, 6.07) is 17.0. The molecule has 26 heavy (non-hydrogen) atoms. The Bertz CT molecular complexity index is 840. The highest BCUT2D eigenvalue weighted by atomic mass is 32.2. The molecule has 0 aromatic heterocycles. The zero-order valence-electron chi connectivity index (χ0n) is 15.1. The first-order chi connectivity index (χ1) is 12.5. The van der Waals surface area contributed by atoms with Crippen LogP contribution in [0.1, 0.15) is 24.8 Å². The summed E-state index contributed by atoms with van der Waals surface area (Å²) < 4.78 is 23.2. The van der Waals surface area contributed by atoms with Gasteiger partial charge in [-0.1, -0.05) is 30.3 Å². The molecule has 0 atom stereocenters. The van der Waals surface area contributed by atoms with Crippen molar-refractivity contribution < 1.29 is 8.42 Å². The average molecular weight is 372 g/mol. The molecular formula is C20H25N3O2S. The minimum Gasteiger partial charge on any atom is -0.343 e. The molecule has 0 unspecified atom stereocenters. The van der Waals surface area contributed by atoms with Gasteiger partial charge in [-0.15, -0.1) is 0 Å². The van der Waals surface area contributed by atoms with Gasteiger partial charge in [0.1, 0.15) is 0 Å². The Balaban J connectivity index is 1.77. The maximum Gasteiger partial charge on any atom is 0.198 e. The van der Waals surface area contributed by atoms with Crippen LogP contribution < -0.4 is 5.32 Å². The number of nitrogens with zero attached hydrogens (tertiary/aromatic N) is 2. The molecule has 0 radical (unpaired) electrons. The van der Waals surface area contributed by atoms with Crippen molar-refractivity contribution in [2.45, 2.75) is 30.7 Å². The van der Waals surface area contributed by atoms with E-state index in [0.717, 1.165) is 30.3 Å². The van der Waals surface area contributed by atoms with Crippen molar-refractivity contribution in [3.63, 3.8) is 0 Å².